The summed E-state index contributed by atoms with van der Waals surface area (Å²) in [5.74, 6) is 1.06. The van der Waals surface area contributed by atoms with Crippen molar-refractivity contribution < 1.29 is 13.5 Å². The summed E-state index contributed by atoms with van der Waals surface area (Å²) in [5, 5.41) is 12.7. The fraction of sp³-hybridized carbons (Fsp3) is 0.115. The summed E-state index contributed by atoms with van der Waals surface area (Å²) in [4.78, 5) is 7.88. The zero-order chi connectivity index (χ0) is 22.5. The molecule has 33 heavy (non-hydrogen) atoms. The summed E-state index contributed by atoms with van der Waals surface area (Å²) in [6.07, 6.45) is 3.75. The van der Waals surface area contributed by atoms with Crippen LogP contribution in [0.3, 0.4) is 0 Å². The summed E-state index contributed by atoms with van der Waals surface area (Å²) < 4.78 is 24.8. The normalized spacial score (nSPS) is 11.6. The summed E-state index contributed by atoms with van der Waals surface area (Å²) in [6, 6.07) is 13.9. The van der Waals surface area contributed by atoms with E-state index in [-0.39, 0.29) is 12.4 Å². The number of ether oxygens (including phenoxy) is 1. The summed E-state index contributed by atoms with van der Waals surface area (Å²) in [7, 11) is 0. The Labute approximate surface area is 188 Å². The largest absolute Gasteiger partial charge is 0.484 e. The first-order valence-electron chi connectivity index (χ1n) is 10.6. The maximum atomic E-state index is 13.1. The van der Waals surface area contributed by atoms with Crippen LogP contribution in [0.2, 0.25) is 0 Å². The molecule has 3 aromatic heterocycles. The molecule has 7 heteroatoms. The fourth-order valence-corrected chi connectivity index (χ4v) is 4.39. The molecule has 6 rings (SSSR count). The Morgan fingerprint density at radius 1 is 0.939 bits per heavy atom. The highest BCUT2D eigenvalue weighted by Gasteiger charge is 2.15. The number of nitrogens with zero attached hydrogens (tertiary/aromatic N) is 3. The summed E-state index contributed by atoms with van der Waals surface area (Å²) >= 11 is 0. The van der Waals surface area contributed by atoms with Crippen LogP contribution in [0.5, 0.6) is 5.75 Å². The third-order valence-corrected chi connectivity index (χ3v) is 6.07. The molecule has 0 aliphatic carbocycles. The van der Waals surface area contributed by atoms with Gasteiger partial charge in [0.05, 0.1) is 5.52 Å². The van der Waals surface area contributed by atoms with Crippen LogP contribution in [0.1, 0.15) is 17.0 Å². The summed E-state index contributed by atoms with van der Waals surface area (Å²) in [6.45, 7) is 4.39. The molecule has 0 amide bonds. The van der Waals surface area contributed by atoms with Gasteiger partial charge in [-0.1, -0.05) is 0 Å². The minimum atomic E-state index is -0.316. The van der Waals surface area contributed by atoms with Gasteiger partial charge < -0.3 is 14.1 Å². The highest BCUT2D eigenvalue weighted by Crippen LogP contribution is 2.37. The third-order valence-electron chi connectivity index (χ3n) is 6.07. The van der Waals surface area contributed by atoms with Crippen LogP contribution in [0.4, 0.5) is 4.39 Å². The van der Waals surface area contributed by atoms with Crippen molar-refractivity contribution in [1.82, 2.24) is 20.2 Å². The second-order valence-electron chi connectivity index (χ2n) is 8.05. The number of hydrogen-bond acceptors (Lipinski definition) is 5. The van der Waals surface area contributed by atoms with Crippen molar-refractivity contribution in [3.8, 4) is 17.2 Å². The van der Waals surface area contributed by atoms with E-state index in [9.17, 15) is 4.39 Å². The highest BCUT2D eigenvalue weighted by molar-refractivity contribution is 6.16. The number of halogens is 1. The molecule has 162 valence electrons. The number of H-pyrrole nitrogens is 1. The number of pyridine rings is 1. The number of aryl methyl sites for hydroxylation is 2. The monoisotopic (exact) mass is 438 g/mol. The van der Waals surface area contributed by atoms with Crippen molar-refractivity contribution in [3.05, 3.63) is 83.8 Å². The number of hydrogen-bond donors (Lipinski definition) is 1. The van der Waals surface area contributed by atoms with Crippen molar-refractivity contribution in [3.63, 3.8) is 0 Å². The van der Waals surface area contributed by atoms with Gasteiger partial charge in [-0.15, -0.1) is 10.2 Å². The molecule has 6 nitrogen and oxygen atoms in total. The van der Waals surface area contributed by atoms with Crippen LogP contribution in [0.15, 0.2) is 65.3 Å². The lowest BCUT2D eigenvalue weighted by Crippen LogP contribution is -1.95. The lowest BCUT2D eigenvalue weighted by Gasteiger charge is -2.08. The van der Waals surface area contributed by atoms with E-state index in [1.807, 2.05) is 30.6 Å². The molecule has 1 N–H and O–H groups in total. The molecule has 0 radical (unpaired) electrons. The SMILES string of the molecule is Cc1c2ccncc2c(C)c2c1[nH]c1ccc(OCc3nnc(-c4ccc(F)cc4)o3)cc12. The van der Waals surface area contributed by atoms with Gasteiger partial charge in [0.15, 0.2) is 6.61 Å². The average molecular weight is 438 g/mol. The predicted molar refractivity (Wildman–Crippen MR) is 125 cm³/mol. The number of rotatable bonds is 4. The van der Waals surface area contributed by atoms with Crippen molar-refractivity contribution in [2.45, 2.75) is 20.5 Å². The standard InChI is InChI=1S/C26H19FN4O2/c1-14-21-12-28-10-9-19(21)15(2)25-24(14)20-11-18(7-8-22(20)29-25)32-13-23-30-31-26(33-23)16-3-5-17(27)6-4-16/h3-12,29H,13H2,1-2H3. The van der Waals surface area contributed by atoms with Gasteiger partial charge in [0, 0.05) is 39.6 Å². The number of nitrogens with one attached hydrogen (secondary N) is 1. The first kappa shape index (κ1) is 19.4. The molecule has 0 spiro atoms. The first-order valence-corrected chi connectivity index (χ1v) is 10.6. The lowest BCUT2D eigenvalue weighted by molar-refractivity contribution is 0.265. The Hall–Kier alpha value is -4.26. The van der Waals surface area contributed by atoms with Gasteiger partial charge in [-0.05, 0) is 78.9 Å². The van der Waals surface area contributed by atoms with Gasteiger partial charge >= 0.3 is 0 Å². The molecule has 0 aliphatic heterocycles. The zero-order valence-electron chi connectivity index (χ0n) is 18.0. The van der Waals surface area contributed by atoms with Crippen molar-refractivity contribution in [1.29, 1.82) is 0 Å². The minimum absolute atomic E-state index is 0.132. The highest BCUT2D eigenvalue weighted by atomic mass is 19.1. The first-order chi connectivity index (χ1) is 16.1. The van der Waals surface area contributed by atoms with Gasteiger partial charge in [0.2, 0.25) is 5.89 Å². The predicted octanol–water partition coefficient (Wildman–Crippen LogP) is 6.25. The molecule has 0 saturated carbocycles. The Balaban J connectivity index is 1.33. The van der Waals surface area contributed by atoms with Gasteiger partial charge in [0.25, 0.3) is 5.89 Å². The number of benzene rings is 3. The Bertz CT molecular complexity index is 1650. The molecular weight excluding hydrogens is 419 g/mol. The van der Waals surface area contributed by atoms with Crippen molar-refractivity contribution in [2.24, 2.45) is 0 Å². The molecule has 0 aliphatic rings. The molecule has 0 atom stereocenters. The van der Waals surface area contributed by atoms with E-state index >= 15 is 0 Å². The van der Waals surface area contributed by atoms with E-state index in [4.69, 9.17) is 9.15 Å². The Morgan fingerprint density at radius 2 is 1.79 bits per heavy atom. The molecule has 0 unspecified atom stereocenters. The quantitative estimate of drug-likeness (QED) is 0.352. The van der Waals surface area contributed by atoms with Crippen LogP contribution >= 0.6 is 0 Å². The Kier molecular flexibility index (Phi) is 4.36. The lowest BCUT2D eigenvalue weighted by atomic mass is 9.97. The van der Waals surface area contributed by atoms with Crippen molar-refractivity contribution in [2.75, 3.05) is 0 Å². The van der Waals surface area contributed by atoms with Crippen LogP contribution < -0.4 is 4.74 Å². The van der Waals surface area contributed by atoms with E-state index in [1.54, 1.807) is 12.1 Å². The van der Waals surface area contributed by atoms with E-state index < -0.39 is 0 Å². The number of aromatic nitrogens is 4. The number of fused-ring (bicyclic) bond motifs is 4. The molecule has 0 bridgehead atoms. The molecule has 0 saturated heterocycles. The molecular formula is C26H19FN4O2. The van der Waals surface area contributed by atoms with Crippen LogP contribution in [0.25, 0.3) is 44.0 Å². The van der Waals surface area contributed by atoms with Crippen LogP contribution in [-0.4, -0.2) is 20.2 Å². The second-order valence-corrected chi connectivity index (χ2v) is 8.05. The maximum absolute atomic E-state index is 13.1. The maximum Gasteiger partial charge on any atom is 0.254 e. The Morgan fingerprint density at radius 3 is 2.64 bits per heavy atom. The molecule has 3 aromatic carbocycles. The zero-order valence-corrected chi connectivity index (χ0v) is 18.0. The second kappa shape index (κ2) is 7.41. The van der Waals surface area contributed by atoms with E-state index in [2.05, 4.69) is 40.1 Å². The van der Waals surface area contributed by atoms with Crippen molar-refractivity contribution >= 4 is 32.6 Å². The minimum Gasteiger partial charge on any atom is -0.484 e. The van der Waals surface area contributed by atoms with E-state index in [0.717, 1.165) is 21.8 Å². The topological polar surface area (TPSA) is 76.8 Å². The van der Waals surface area contributed by atoms with Gasteiger partial charge in [-0.2, -0.15) is 0 Å². The van der Waals surface area contributed by atoms with Gasteiger partial charge in [-0.3, -0.25) is 4.98 Å². The van der Waals surface area contributed by atoms with Gasteiger partial charge in [0.1, 0.15) is 11.6 Å². The third kappa shape index (κ3) is 3.20. The van der Waals surface area contributed by atoms with Gasteiger partial charge in [-0.25, -0.2) is 4.39 Å². The van der Waals surface area contributed by atoms with E-state index in [0.29, 0.717) is 23.1 Å². The van der Waals surface area contributed by atoms with Crippen LogP contribution in [-0.2, 0) is 6.61 Å². The smallest absolute Gasteiger partial charge is 0.254 e. The number of aromatic amines is 1. The van der Waals surface area contributed by atoms with E-state index in [1.165, 1.54) is 34.0 Å². The van der Waals surface area contributed by atoms with Crippen LogP contribution in [0, 0.1) is 19.7 Å². The summed E-state index contributed by atoms with van der Waals surface area (Å²) in [5.41, 5.74) is 5.21. The molecule has 0 fully saturated rings. The fourth-order valence-electron chi connectivity index (χ4n) is 4.39. The molecule has 6 aromatic rings. The molecule has 3 heterocycles. The average Bonchev–Trinajstić information content (AvgIpc) is 3.47.